The fourth-order valence-electron chi connectivity index (χ4n) is 3.31. The lowest BCUT2D eigenvalue weighted by Crippen LogP contribution is -2.36. The van der Waals surface area contributed by atoms with E-state index in [-0.39, 0.29) is 29.8 Å². The van der Waals surface area contributed by atoms with Gasteiger partial charge in [-0.25, -0.2) is 0 Å². The van der Waals surface area contributed by atoms with Gasteiger partial charge in [-0.2, -0.15) is 10.2 Å². The Balaban J connectivity index is 1.54. The maximum Gasteiger partial charge on any atom is 0.252 e. The molecule has 3 heterocycles. The second-order valence-electron chi connectivity index (χ2n) is 6.53. The number of amides is 2. The Morgan fingerprint density at radius 3 is 2.91 bits per heavy atom. The van der Waals surface area contributed by atoms with E-state index in [1.807, 2.05) is 18.7 Å². The average molecular weight is 318 g/mol. The van der Waals surface area contributed by atoms with Gasteiger partial charge < -0.3 is 15.0 Å². The monoisotopic (exact) mass is 318 g/mol. The summed E-state index contributed by atoms with van der Waals surface area (Å²) in [6, 6.07) is 1.63. The lowest BCUT2D eigenvalue weighted by Gasteiger charge is -2.21. The van der Waals surface area contributed by atoms with E-state index in [1.165, 1.54) is 12.4 Å². The Morgan fingerprint density at radius 1 is 1.39 bits per heavy atom. The fraction of sp³-hybridized carbons (Fsp3) is 0.625. The van der Waals surface area contributed by atoms with Crippen LogP contribution >= 0.6 is 0 Å². The number of ether oxygens (including phenoxy) is 1. The van der Waals surface area contributed by atoms with Crippen LogP contribution in [0, 0.1) is 17.8 Å². The second kappa shape index (κ2) is 6.62. The van der Waals surface area contributed by atoms with Crippen molar-refractivity contribution in [1.29, 1.82) is 0 Å². The lowest BCUT2D eigenvalue weighted by atomic mass is 9.93. The molecule has 0 saturated carbocycles. The minimum absolute atomic E-state index is 0.00571. The van der Waals surface area contributed by atoms with Crippen molar-refractivity contribution in [1.82, 2.24) is 20.4 Å². The molecule has 0 aromatic carbocycles. The second-order valence-corrected chi connectivity index (χ2v) is 6.53. The van der Waals surface area contributed by atoms with Crippen LogP contribution in [-0.2, 0) is 9.53 Å². The molecular weight excluding hydrogens is 296 g/mol. The molecule has 124 valence electrons. The quantitative estimate of drug-likeness (QED) is 0.865. The number of aromatic nitrogens is 2. The molecule has 23 heavy (non-hydrogen) atoms. The van der Waals surface area contributed by atoms with Crippen molar-refractivity contribution in [2.45, 2.75) is 20.0 Å². The summed E-state index contributed by atoms with van der Waals surface area (Å²) in [6.07, 6.45) is 3.04. The van der Waals surface area contributed by atoms with E-state index in [2.05, 4.69) is 15.5 Å². The molecule has 0 aliphatic carbocycles. The molecule has 2 amide bonds. The van der Waals surface area contributed by atoms with Crippen LogP contribution in [0.5, 0.6) is 0 Å². The molecule has 2 aliphatic heterocycles. The molecule has 0 unspecified atom stereocenters. The number of carbonyl (C=O) groups excluding carboxylic acids is 2. The van der Waals surface area contributed by atoms with Crippen molar-refractivity contribution in [2.75, 3.05) is 26.2 Å². The van der Waals surface area contributed by atoms with Gasteiger partial charge in [-0.3, -0.25) is 9.59 Å². The Labute approximate surface area is 135 Å². The van der Waals surface area contributed by atoms with Crippen LogP contribution < -0.4 is 5.32 Å². The Bertz CT molecular complexity index is 578. The van der Waals surface area contributed by atoms with Gasteiger partial charge in [0, 0.05) is 37.4 Å². The molecule has 1 aromatic rings. The van der Waals surface area contributed by atoms with Gasteiger partial charge in [-0.05, 0) is 6.07 Å². The number of fused-ring (bicyclic) bond motifs is 1. The van der Waals surface area contributed by atoms with E-state index >= 15 is 0 Å². The minimum Gasteiger partial charge on any atom is -0.376 e. The summed E-state index contributed by atoms with van der Waals surface area (Å²) in [5.74, 6) is 0.563. The van der Waals surface area contributed by atoms with Crippen LogP contribution in [0.1, 0.15) is 24.2 Å². The Morgan fingerprint density at radius 2 is 2.22 bits per heavy atom. The van der Waals surface area contributed by atoms with Crippen LogP contribution in [0.4, 0.5) is 0 Å². The van der Waals surface area contributed by atoms with Gasteiger partial charge in [0.15, 0.2) is 0 Å². The van der Waals surface area contributed by atoms with E-state index in [0.29, 0.717) is 31.2 Å². The predicted octanol–water partition coefficient (Wildman–Crippen LogP) is 0.336. The van der Waals surface area contributed by atoms with Gasteiger partial charge in [-0.1, -0.05) is 13.8 Å². The highest BCUT2D eigenvalue weighted by molar-refractivity contribution is 5.93. The van der Waals surface area contributed by atoms with E-state index < -0.39 is 0 Å². The van der Waals surface area contributed by atoms with Crippen molar-refractivity contribution in [2.24, 2.45) is 17.8 Å². The number of hydrogen-bond acceptors (Lipinski definition) is 5. The van der Waals surface area contributed by atoms with E-state index in [1.54, 1.807) is 6.07 Å². The van der Waals surface area contributed by atoms with E-state index in [0.717, 1.165) is 6.54 Å². The van der Waals surface area contributed by atoms with Crippen LogP contribution in [0.3, 0.4) is 0 Å². The first-order valence-electron chi connectivity index (χ1n) is 8.01. The zero-order valence-electron chi connectivity index (χ0n) is 13.4. The maximum atomic E-state index is 12.1. The van der Waals surface area contributed by atoms with Crippen molar-refractivity contribution in [3.8, 4) is 0 Å². The van der Waals surface area contributed by atoms with E-state index in [9.17, 15) is 9.59 Å². The number of carbonyl (C=O) groups is 2. The van der Waals surface area contributed by atoms with E-state index in [4.69, 9.17) is 4.74 Å². The molecule has 3 rings (SSSR count). The highest BCUT2D eigenvalue weighted by atomic mass is 16.5. The topological polar surface area (TPSA) is 84.4 Å². The largest absolute Gasteiger partial charge is 0.376 e. The van der Waals surface area contributed by atoms with Crippen LogP contribution in [0.2, 0.25) is 0 Å². The summed E-state index contributed by atoms with van der Waals surface area (Å²) in [5.41, 5.74) is 0.499. The third-order valence-electron chi connectivity index (χ3n) is 4.62. The first kappa shape index (κ1) is 15.9. The van der Waals surface area contributed by atoms with Gasteiger partial charge in [0.25, 0.3) is 5.91 Å². The smallest absolute Gasteiger partial charge is 0.252 e. The van der Waals surface area contributed by atoms with Gasteiger partial charge >= 0.3 is 0 Å². The summed E-state index contributed by atoms with van der Waals surface area (Å²) < 4.78 is 5.82. The zero-order valence-corrected chi connectivity index (χ0v) is 13.4. The number of rotatable bonds is 4. The molecule has 3 atom stereocenters. The van der Waals surface area contributed by atoms with Crippen molar-refractivity contribution >= 4 is 11.8 Å². The van der Waals surface area contributed by atoms with Crippen molar-refractivity contribution in [3.05, 3.63) is 24.0 Å². The number of hydrogen-bond donors (Lipinski definition) is 1. The molecule has 2 saturated heterocycles. The molecule has 2 aliphatic rings. The molecule has 0 bridgehead atoms. The van der Waals surface area contributed by atoms with Crippen molar-refractivity contribution < 1.29 is 14.3 Å². The first-order chi connectivity index (χ1) is 11.1. The number of likely N-dealkylation sites (tertiary alicyclic amines) is 1. The third-order valence-corrected chi connectivity index (χ3v) is 4.62. The Kier molecular flexibility index (Phi) is 4.56. The summed E-state index contributed by atoms with van der Waals surface area (Å²) in [6.45, 7) is 6.40. The normalized spacial score (nSPS) is 26.4. The number of nitrogens with zero attached hydrogens (tertiary/aromatic N) is 3. The molecule has 0 radical (unpaired) electrons. The molecule has 7 nitrogen and oxygen atoms in total. The molecule has 2 fully saturated rings. The predicted molar refractivity (Wildman–Crippen MR) is 82.5 cm³/mol. The molecule has 1 aromatic heterocycles. The standard InChI is InChI=1S/C16H22N4O3/c1-10(2)16(22)20-7-13-12(9-23-14(13)8-20)5-17-15(21)11-3-4-18-19-6-11/h3-4,6,10,12-14H,5,7-9H2,1-2H3,(H,17,21)/t12-,13-,14-/m1/s1. The summed E-state index contributed by atoms with van der Waals surface area (Å²) in [7, 11) is 0. The third kappa shape index (κ3) is 3.34. The van der Waals surface area contributed by atoms with Gasteiger partial charge in [-0.15, -0.1) is 0 Å². The SMILES string of the molecule is CC(C)C(=O)N1C[C@@H]2[C@H](CNC(=O)c3ccnnc3)CO[C@@H]2C1. The molecule has 0 spiro atoms. The van der Waals surface area contributed by atoms with Gasteiger partial charge in [0.2, 0.25) is 5.91 Å². The van der Waals surface area contributed by atoms with Crippen LogP contribution in [-0.4, -0.2) is 59.3 Å². The summed E-state index contributed by atoms with van der Waals surface area (Å²) >= 11 is 0. The van der Waals surface area contributed by atoms with Gasteiger partial charge in [0.05, 0.1) is 30.7 Å². The average Bonchev–Trinajstić information content (AvgIpc) is 3.13. The maximum absolute atomic E-state index is 12.1. The summed E-state index contributed by atoms with van der Waals surface area (Å²) in [5, 5.41) is 10.3. The first-order valence-corrected chi connectivity index (χ1v) is 8.01. The van der Waals surface area contributed by atoms with Crippen LogP contribution in [0.15, 0.2) is 18.5 Å². The number of nitrogens with one attached hydrogen (secondary N) is 1. The summed E-state index contributed by atoms with van der Waals surface area (Å²) in [4.78, 5) is 26.1. The van der Waals surface area contributed by atoms with Crippen molar-refractivity contribution in [3.63, 3.8) is 0 Å². The molecular formula is C16H22N4O3. The fourth-order valence-corrected chi connectivity index (χ4v) is 3.31. The zero-order chi connectivity index (χ0) is 16.4. The van der Waals surface area contributed by atoms with Gasteiger partial charge in [0.1, 0.15) is 0 Å². The Hall–Kier alpha value is -2.02. The van der Waals surface area contributed by atoms with Crippen LogP contribution in [0.25, 0.3) is 0 Å². The highest BCUT2D eigenvalue weighted by Gasteiger charge is 2.45. The highest BCUT2D eigenvalue weighted by Crippen LogP contribution is 2.33. The lowest BCUT2D eigenvalue weighted by molar-refractivity contribution is -0.134. The minimum atomic E-state index is -0.156. The molecule has 7 heteroatoms. The molecule has 1 N–H and O–H groups in total.